The summed E-state index contributed by atoms with van der Waals surface area (Å²) in [4.78, 5) is 9.05. The van der Waals surface area contributed by atoms with Crippen molar-refractivity contribution in [1.29, 1.82) is 0 Å². The van der Waals surface area contributed by atoms with Crippen LogP contribution in [0.2, 0.25) is 0 Å². The molecule has 0 spiro atoms. The maximum atomic E-state index is 4.91. The van der Waals surface area contributed by atoms with Crippen molar-refractivity contribution >= 4 is 28.0 Å². The van der Waals surface area contributed by atoms with Crippen LogP contribution < -0.4 is 5.43 Å². The summed E-state index contributed by atoms with van der Waals surface area (Å²) in [6.45, 7) is 0. The van der Waals surface area contributed by atoms with Crippen molar-refractivity contribution in [3.8, 4) is 0 Å². The Morgan fingerprint density at radius 1 is 0.667 bits per heavy atom. The molecule has 0 radical (unpaired) electrons. The Bertz CT molecular complexity index is 1180. The highest BCUT2D eigenvalue weighted by Crippen LogP contribution is 2.32. The topological polar surface area (TPSA) is 49.6 Å². The third-order valence-corrected chi connectivity index (χ3v) is 4.65. The smallest absolute Gasteiger partial charge is 0.154 e. The van der Waals surface area contributed by atoms with Gasteiger partial charge >= 0.3 is 0 Å². The van der Waals surface area contributed by atoms with Gasteiger partial charge in [0, 0.05) is 29.1 Å². The molecule has 128 valence electrons. The molecule has 0 amide bonds. The van der Waals surface area contributed by atoms with E-state index in [9.17, 15) is 0 Å². The third-order valence-electron chi connectivity index (χ3n) is 4.65. The van der Waals surface area contributed by atoms with Crippen molar-refractivity contribution in [3.63, 3.8) is 0 Å². The number of aromatic nitrogens is 1. The Hall–Kier alpha value is -3.79. The summed E-state index contributed by atoms with van der Waals surface area (Å²) in [6.07, 6.45) is 3.57. The highest BCUT2D eigenvalue weighted by Gasteiger charge is 2.19. The maximum absolute atomic E-state index is 4.91. The summed E-state index contributed by atoms with van der Waals surface area (Å²) < 4.78 is 0. The van der Waals surface area contributed by atoms with Gasteiger partial charge in [0.25, 0.3) is 0 Å². The standard InChI is InChI=1S/C23H16N4/c1-2-7-18(8-3-1)23-25-20-11-10-16-6-4-5-9-19(16)21(20)22(26-27-23)17-12-14-24-15-13-17/h1-15H,(H,25,27). The van der Waals surface area contributed by atoms with Crippen LogP contribution in [0.5, 0.6) is 0 Å². The van der Waals surface area contributed by atoms with Crippen LogP contribution in [0, 0.1) is 0 Å². The molecule has 1 N–H and O–H groups in total. The van der Waals surface area contributed by atoms with E-state index in [0.717, 1.165) is 44.7 Å². The quantitative estimate of drug-likeness (QED) is 0.572. The van der Waals surface area contributed by atoms with E-state index < -0.39 is 0 Å². The number of nitrogens with zero attached hydrogens (tertiary/aromatic N) is 3. The van der Waals surface area contributed by atoms with E-state index in [0.29, 0.717) is 0 Å². The van der Waals surface area contributed by atoms with Gasteiger partial charge in [-0.1, -0.05) is 60.7 Å². The van der Waals surface area contributed by atoms with E-state index in [4.69, 9.17) is 10.1 Å². The van der Waals surface area contributed by atoms with E-state index in [1.54, 1.807) is 12.4 Å². The van der Waals surface area contributed by atoms with Crippen LogP contribution in [0.15, 0.2) is 101 Å². The number of pyridine rings is 1. The molecule has 27 heavy (non-hydrogen) atoms. The van der Waals surface area contributed by atoms with Gasteiger partial charge in [0.15, 0.2) is 5.84 Å². The van der Waals surface area contributed by atoms with E-state index in [2.05, 4.69) is 34.7 Å². The Balaban J connectivity index is 1.80. The average molecular weight is 348 g/mol. The SMILES string of the molecule is c1ccc(C2=Nc3ccc4ccccc4c3C(c3ccncc3)=NN2)cc1. The highest BCUT2D eigenvalue weighted by molar-refractivity contribution is 6.23. The molecule has 1 aromatic heterocycles. The fourth-order valence-electron chi connectivity index (χ4n) is 3.36. The van der Waals surface area contributed by atoms with Gasteiger partial charge in [0.05, 0.1) is 5.69 Å². The molecular formula is C23H16N4. The van der Waals surface area contributed by atoms with E-state index in [-0.39, 0.29) is 0 Å². The lowest BCUT2D eigenvalue weighted by molar-refractivity contribution is 1.03. The van der Waals surface area contributed by atoms with Gasteiger partial charge in [0.1, 0.15) is 5.71 Å². The number of hydrogen-bond donors (Lipinski definition) is 1. The summed E-state index contributed by atoms with van der Waals surface area (Å²) >= 11 is 0. The molecule has 0 saturated carbocycles. The summed E-state index contributed by atoms with van der Waals surface area (Å²) in [5, 5.41) is 7.04. The van der Waals surface area contributed by atoms with E-state index >= 15 is 0 Å². The number of fused-ring (bicyclic) bond motifs is 3. The second kappa shape index (κ2) is 6.50. The first-order valence-corrected chi connectivity index (χ1v) is 8.80. The minimum absolute atomic E-state index is 0.733. The molecule has 2 heterocycles. The lowest BCUT2D eigenvalue weighted by Crippen LogP contribution is -2.19. The lowest BCUT2D eigenvalue weighted by Gasteiger charge is -2.11. The van der Waals surface area contributed by atoms with Crippen molar-refractivity contribution in [2.75, 3.05) is 0 Å². The van der Waals surface area contributed by atoms with E-state index in [1.165, 1.54) is 0 Å². The zero-order valence-corrected chi connectivity index (χ0v) is 14.5. The molecule has 0 unspecified atom stereocenters. The number of benzene rings is 3. The summed E-state index contributed by atoms with van der Waals surface area (Å²) in [5.74, 6) is 0.733. The largest absolute Gasteiger partial charge is 0.265 e. The third kappa shape index (κ3) is 2.77. The fraction of sp³-hybridized carbons (Fsp3) is 0. The Kier molecular flexibility index (Phi) is 3.72. The molecule has 0 aliphatic carbocycles. The first-order valence-electron chi connectivity index (χ1n) is 8.80. The van der Waals surface area contributed by atoms with Crippen LogP contribution in [0.3, 0.4) is 0 Å². The lowest BCUT2D eigenvalue weighted by atomic mass is 9.95. The van der Waals surface area contributed by atoms with Crippen LogP contribution in [0.4, 0.5) is 5.69 Å². The van der Waals surface area contributed by atoms with Crippen LogP contribution in [0.1, 0.15) is 16.7 Å². The molecule has 1 aliphatic heterocycles. The molecule has 5 rings (SSSR count). The Morgan fingerprint density at radius 2 is 1.44 bits per heavy atom. The molecular weight excluding hydrogens is 332 g/mol. The second-order valence-electron chi connectivity index (χ2n) is 6.32. The number of hydrazone groups is 1. The minimum Gasteiger partial charge on any atom is -0.265 e. The molecule has 0 saturated heterocycles. The first kappa shape index (κ1) is 15.5. The number of rotatable bonds is 2. The first-order chi connectivity index (χ1) is 13.4. The Morgan fingerprint density at radius 3 is 2.30 bits per heavy atom. The molecule has 0 fully saturated rings. The molecule has 0 bridgehead atoms. The minimum atomic E-state index is 0.733. The van der Waals surface area contributed by atoms with Gasteiger partial charge in [-0.15, -0.1) is 0 Å². The number of aliphatic imine (C=N–C) groups is 1. The molecule has 3 aromatic carbocycles. The van der Waals surface area contributed by atoms with E-state index in [1.807, 2.05) is 54.6 Å². The van der Waals surface area contributed by atoms with Crippen LogP contribution in [-0.4, -0.2) is 16.5 Å². The van der Waals surface area contributed by atoms with Crippen molar-refractivity contribution in [2.24, 2.45) is 10.1 Å². The zero-order chi connectivity index (χ0) is 18.1. The zero-order valence-electron chi connectivity index (χ0n) is 14.5. The molecule has 0 atom stereocenters. The van der Waals surface area contributed by atoms with Crippen LogP contribution in [-0.2, 0) is 0 Å². The van der Waals surface area contributed by atoms with Gasteiger partial charge in [0.2, 0.25) is 0 Å². The summed E-state index contributed by atoms with van der Waals surface area (Å²) in [6, 6.07) is 26.5. The molecule has 1 aliphatic rings. The van der Waals surface area contributed by atoms with Crippen molar-refractivity contribution in [2.45, 2.75) is 0 Å². The van der Waals surface area contributed by atoms with Gasteiger partial charge in [-0.05, 0) is 29.0 Å². The highest BCUT2D eigenvalue weighted by atomic mass is 15.3. The number of hydrogen-bond acceptors (Lipinski definition) is 4. The van der Waals surface area contributed by atoms with Gasteiger partial charge < -0.3 is 0 Å². The van der Waals surface area contributed by atoms with Gasteiger partial charge in [-0.3, -0.25) is 10.4 Å². The average Bonchev–Trinajstić information content (AvgIpc) is 2.95. The Labute approximate surface area is 156 Å². The number of nitrogens with one attached hydrogen (secondary N) is 1. The normalized spacial score (nSPS) is 13.2. The predicted octanol–water partition coefficient (Wildman–Crippen LogP) is 4.67. The van der Waals surface area contributed by atoms with Crippen molar-refractivity contribution < 1.29 is 0 Å². The van der Waals surface area contributed by atoms with Gasteiger partial charge in [-0.2, -0.15) is 5.10 Å². The molecule has 4 aromatic rings. The summed E-state index contributed by atoms with van der Waals surface area (Å²) in [7, 11) is 0. The predicted molar refractivity (Wildman–Crippen MR) is 110 cm³/mol. The van der Waals surface area contributed by atoms with Crippen LogP contribution in [0.25, 0.3) is 10.8 Å². The second-order valence-corrected chi connectivity index (χ2v) is 6.32. The molecule has 4 heteroatoms. The molecule has 4 nitrogen and oxygen atoms in total. The summed E-state index contributed by atoms with van der Waals surface area (Å²) in [5.41, 5.74) is 7.95. The van der Waals surface area contributed by atoms with Crippen molar-refractivity contribution in [3.05, 3.63) is 108 Å². The monoisotopic (exact) mass is 348 g/mol. The van der Waals surface area contributed by atoms with Crippen molar-refractivity contribution in [1.82, 2.24) is 10.4 Å². The maximum Gasteiger partial charge on any atom is 0.154 e. The van der Waals surface area contributed by atoms with Gasteiger partial charge in [-0.25, -0.2) is 4.99 Å². The fourth-order valence-corrected chi connectivity index (χ4v) is 3.36. The number of amidine groups is 1. The van der Waals surface area contributed by atoms with Crippen LogP contribution >= 0.6 is 0 Å².